The van der Waals surface area contributed by atoms with Gasteiger partial charge in [0.15, 0.2) is 5.96 Å². The third-order valence-electron chi connectivity index (χ3n) is 3.61. The van der Waals surface area contributed by atoms with Crippen LogP contribution in [0.25, 0.3) is 10.9 Å². The molecule has 6 heteroatoms. The number of aromatic nitrogens is 1. The van der Waals surface area contributed by atoms with Crippen LogP contribution in [0.2, 0.25) is 0 Å². The zero-order valence-electron chi connectivity index (χ0n) is 13.7. The Balaban J connectivity index is 0.00000208. The van der Waals surface area contributed by atoms with E-state index in [1.807, 2.05) is 12.3 Å². The lowest BCUT2D eigenvalue weighted by atomic mass is 10.1. The summed E-state index contributed by atoms with van der Waals surface area (Å²) < 4.78 is 0. The topological polar surface area (TPSA) is 49.3 Å². The highest BCUT2D eigenvalue weighted by molar-refractivity contribution is 14.0. The Bertz CT molecular complexity index is 823. The molecule has 1 aromatic carbocycles. The van der Waals surface area contributed by atoms with Gasteiger partial charge in [-0.15, -0.1) is 35.3 Å². The first-order valence-corrected chi connectivity index (χ1v) is 8.40. The molecule has 0 radical (unpaired) electrons. The van der Waals surface area contributed by atoms with E-state index in [1.165, 1.54) is 9.75 Å². The number of thiophene rings is 1. The predicted octanol–water partition coefficient (Wildman–Crippen LogP) is 4.09. The van der Waals surface area contributed by atoms with Crippen molar-refractivity contribution in [2.75, 3.05) is 7.05 Å². The average molecular weight is 452 g/mol. The molecular formula is C18H21IN4S. The highest BCUT2D eigenvalue weighted by Gasteiger charge is 2.04. The lowest BCUT2D eigenvalue weighted by Gasteiger charge is -2.12. The van der Waals surface area contributed by atoms with Gasteiger partial charge in [-0.2, -0.15) is 0 Å². The van der Waals surface area contributed by atoms with Crippen molar-refractivity contribution in [3.8, 4) is 0 Å². The number of hydrogen-bond acceptors (Lipinski definition) is 3. The van der Waals surface area contributed by atoms with Gasteiger partial charge in [0, 0.05) is 34.9 Å². The normalized spacial score (nSPS) is 11.2. The van der Waals surface area contributed by atoms with E-state index < -0.39 is 0 Å². The molecule has 0 fully saturated rings. The fraction of sp³-hybridized carbons (Fsp3) is 0.222. The number of rotatable bonds is 4. The van der Waals surface area contributed by atoms with E-state index in [1.54, 1.807) is 18.4 Å². The molecule has 0 aliphatic carbocycles. The maximum absolute atomic E-state index is 4.48. The number of halogens is 1. The van der Waals surface area contributed by atoms with Gasteiger partial charge in [-0.1, -0.05) is 24.3 Å². The third-order valence-corrected chi connectivity index (χ3v) is 4.61. The summed E-state index contributed by atoms with van der Waals surface area (Å²) in [5, 5.41) is 7.86. The van der Waals surface area contributed by atoms with Crippen LogP contribution in [0.3, 0.4) is 0 Å². The summed E-state index contributed by atoms with van der Waals surface area (Å²) in [6.45, 7) is 3.60. The van der Waals surface area contributed by atoms with Crippen LogP contribution >= 0.6 is 35.3 Å². The molecule has 0 saturated heterocycles. The molecule has 0 spiro atoms. The summed E-state index contributed by atoms with van der Waals surface area (Å²) in [6.07, 6.45) is 1.83. The molecule has 0 aliphatic heterocycles. The smallest absolute Gasteiger partial charge is 0.191 e. The second kappa shape index (κ2) is 8.98. The first-order valence-electron chi connectivity index (χ1n) is 7.59. The summed E-state index contributed by atoms with van der Waals surface area (Å²) in [5.41, 5.74) is 2.20. The van der Waals surface area contributed by atoms with Gasteiger partial charge in [-0.3, -0.25) is 9.98 Å². The number of aliphatic imine (C=N–C) groups is 1. The van der Waals surface area contributed by atoms with E-state index in [0.29, 0.717) is 6.54 Å². The number of pyridine rings is 1. The van der Waals surface area contributed by atoms with E-state index in [9.17, 15) is 0 Å². The molecule has 24 heavy (non-hydrogen) atoms. The monoisotopic (exact) mass is 452 g/mol. The highest BCUT2D eigenvalue weighted by Crippen LogP contribution is 2.16. The van der Waals surface area contributed by atoms with Crippen LogP contribution in [0.1, 0.15) is 15.3 Å². The molecule has 0 saturated carbocycles. The van der Waals surface area contributed by atoms with Crippen molar-refractivity contribution < 1.29 is 0 Å². The van der Waals surface area contributed by atoms with Crippen molar-refractivity contribution in [2.45, 2.75) is 20.0 Å². The summed E-state index contributed by atoms with van der Waals surface area (Å²) in [7, 11) is 1.79. The summed E-state index contributed by atoms with van der Waals surface area (Å²) in [6, 6.07) is 14.6. The van der Waals surface area contributed by atoms with Crippen LogP contribution in [0.5, 0.6) is 0 Å². The van der Waals surface area contributed by atoms with Crippen LogP contribution in [-0.4, -0.2) is 18.0 Å². The fourth-order valence-corrected chi connectivity index (χ4v) is 3.29. The number of nitrogens with one attached hydrogen (secondary N) is 2. The van der Waals surface area contributed by atoms with Crippen LogP contribution in [0, 0.1) is 6.92 Å². The Morgan fingerprint density at radius 3 is 2.62 bits per heavy atom. The zero-order valence-corrected chi connectivity index (χ0v) is 16.9. The Labute approximate surface area is 163 Å². The number of fused-ring (bicyclic) bond motifs is 1. The number of hydrogen-bond donors (Lipinski definition) is 2. The van der Waals surface area contributed by atoms with Gasteiger partial charge in [0.1, 0.15) is 0 Å². The van der Waals surface area contributed by atoms with Crippen molar-refractivity contribution in [3.05, 3.63) is 64.0 Å². The number of nitrogens with zero attached hydrogens (tertiary/aromatic N) is 2. The highest BCUT2D eigenvalue weighted by atomic mass is 127. The minimum absolute atomic E-state index is 0. The first kappa shape index (κ1) is 18.7. The molecule has 2 aromatic heterocycles. The maximum atomic E-state index is 4.48. The maximum Gasteiger partial charge on any atom is 0.191 e. The molecule has 2 heterocycles. The van der Waals surface area contributed by atoms with E-state index in [4.69, 9.17) is 0 Å². The van der Waals surface area contributed by atoms with Crippen molar-refractivity contribution in [1.82, 2.24) is 15.6 Å². The fourth-order valence-electron chi connectivity index (χ4n) is 2.46. The molecule has 0 amide bonds. The molecule has 0 aliphatic rings. The molecule has 0 atom stereocenters. The zero-order chi connectivity index (χ0) is 16.1. The predicted molar refractivity (Wildman–Crippen MR) is 113 cm³/mol. The van der Waals surface area contributed by atoms with Crippen LogP contribution < -0.4 is 10.6 Å². The third kappa shape index (κ3) is 4.67. The van der Waals surface area contributed by atoms with Crippen molar-refractivity contribution in [3.63, 3.8) is 0 Å². The number of para-hydroxylation sites is 1. The SMILES string of the molecule is CN=C(NCc1ccc(C)s1)NCc1cccc2cccnc12.I. The van der Waals surface area contributed by atoms with E-state index in [-0.39, 0.29) is 24.0 Å². The van der Waals surface area contributed by atoms with Crippen LogP contribution in [0.4, 0.5) is 0 Å². The average Bonchev–Trinajstić information content (AvgIpc) is 3.00. The minimum Gasteiger partial charge on any atom is -0.352 e. The molecule has 126 valence electrons. The molecule has 0 bridgehead atoms. The second-order valence-electron chi connectivity index (χ2n) is 5.28. The van der Waals surface area contributed by atoms with Crippen molar-refractivity contribution in [2.24, 2.45) is 4.99 Å². The van der Waals surface area contributed by atoms with Gasteiger partial charge in [-0.25, -0.2) is 0 Å². The molecule has 4 nitrogen and oxygen atoms in total. The number of benzene rings is 1. The van der Waals surface area contributed by atoms with E-state index >= 15 is 0 Å². The molecule has 0 unspecified atom stereocenters. The standard InChI is InChI=1S/C18H20N4S.HI/c1-13-8-9-16(23-13)12-22-18(19-2)21-11-15-6-3-5-14-7-4-10-20-17(14)15;/h3-10H,11-12H2,1-2H3,(H2,19,21,22);1H. The largest absolute Gasteiger partial charge is 0.352 e. The van der Waals surface area contributed by atoms with Crippen LogP contribution in [0.15, 0.2) is 53.7 Å². The van der Waals surface area contributed by atoms with Crippen LogP contribution in [-0.2, 0) is 13.1 Å². The quantitative estimate of drug-likeness (QED) is 0.356. The van der Waals surface area contributed by atoms with Gasteiger partial charge < -0.3 is 10.6 Å². The number of aryl methyl sites for hydroxylation is 1. The van der Waals surface area contributed by atoms with Gasteiger partial charge >= 0.3 is 0 Å². The molecular weight excluding hydrogens is 431 g/mol. The minimum atomic E-state index is 0. The van der Waals surface area contributed by atoms with Gasteiger partial charge in [-0.05, 0) is 30.7 Å². The van der Waals surface area contributed by atoms with Gasteiger partial charge in [0.25, 0.3) is 0 Å². The summed E-state index contributed by atoms with van der Waals surface area (Å²) in [5.74, 6) is 0.795. The Morgan fingerprint density at radius 2 is 1.88 bits per heavy atom. The van der Waals surface area contributed by atoms with Crippen molar-refractivity contribution >= 4 is 52.2 Å². The van der Waals surface area contributed by atoms with E-state index in [0.717, 1.165) is 29.0 Å². The second-order valence-corrected chi connectivity index (χ2v) is 6.66. The first-order chi connectivity index (χ1) is 11.3. The van der Waals surface area contributed by atoms with Crippen molar-refractivity contribution in [1.29, 1.82) is 0 Å². The molecule has 2 N–H and O–H groups in total. The molecule has 3 aromatic rings. The summed E-state index contributed by atoms with van der Waals surface area (Å²) >= 11 is 1.80. The Morgan fingerprint density at radius 1 is 1.08 bits per heavy atom. The van der Waals surface area contributed by atoms with Gasteiger partial charge in [0.2, 0.25) is 0 Å². The lowest BCUT2D eigenvalue weighted by Crippen LogP contribution is -2.36. The van der Waals surface area contributed by atoms with E-state index in [2.05, 4.69) is 63.9 Å². The summed E-state index contributed by atoms with van der Waals surface area (Å²) in [4.78, 5) is 11.4. The Hall–Kier alpha value is -1.67. The lowest BCUT2D eigenvalue weighted by molar-refractivity contribution is 0.817. The number of guanidine groups is 1. The Kier molecular flexibility index (Phi) is 6.99. The van der Waals surface area contributed by atoms with Gasteiger partial charge in [0.05, 0.1) is 12.1 Å². The molecule has 3 rings (SSSR count).